The molecule has 4 heterocycles. The van der Waals surface area contributed by atoms with Gasteiger partial charge < -0.3 is 4.90 Å². The van der Waals surface area contributed by atoms with E-state index < -0.39 is 23.7 Å². The molecule has 0 saturated carbocycles. The third kappa shape index (κ3) is 5.00. The molecular formula is C30H28BrF3N8O2. The van der Waals surface area contributed by atoms with Crippen LogP contribution in [0.4, 0.5) is 13.2 Å². The minimum atomic E-state index is -4.64. The summed E-state index contributed by atoms with van der Waals surface area (Å²) >= 11 is 2.93. The van der Waals surface area contributed by atoms with Crippen molar-refractivity contribution in [1.29, 1.82) is 0 Å². The van der Waals surface area contributed by atoms with Gasteiger partial charge in [0.1, 0.15) is 5.52 Å². The summed E-state index contributed by atoms with van der Waals surface area (Å²) in [4.78, 5) is 34.3. The highest BCUT2D eigenvalue weighted by atomic mass is 79.9. The summed E-state index contributed by atoms with van der Waals surface area (Å²) < 4.78 is 45.3. The Morgan fingerprint density at radius 2 is 1.86 bits per heavy atom. The zero-order chi connectivity index (χ0) is 31.7. The molecule has 228 valence electrons. The van der Waals surface area contributed by atoms with Crippen molar-refractivity contribution < 1.29 is 18.0 Å². The third-order valence-corrected chi connectivity index (χ3v) is 8.61. The first-order chi connectivity index (χ1) is 20.7. The fraction of sp³-hybridized carbons (Fsp3) is 0.333. The molecule has 1 amide bonds. The van der Waals surface area contributed by atoms with Crippen LogP contribution in [0.1, 0.15) is 65.3 Å². The second-order valence-electron chi connectivity index (χ2n) is 11.3. The lowest BCUT2D eigenvalue weighted by atomic mass is 9.98. The molecule has 0 radical (unpaired) electrons. The number of hydrogen-bond acceptors (Lipinski definition) is 6. The Kier molecular flexibility index (Phi) is 7.22. The second-order valence-corrected chi connectivity index (χ2v) is 12.2. The standard InChI is InChI=1S/C30H28BrF3N8O2/c1-15(2)23-11-17(4)42(37-23)29-35-25-14-40(27(43)18-6-8-22(31)21(12-18)30(32,33)34)16(3)10-20(25)28(44)41(29)19-7-9-26-24(13-19)36-38-39(26)5/h6-9,11-13,15-16H,10,14H2,1-5H3. The maximum absolute atomic E-state index is 14.3. The van der Waals surface area contributed by atoms with E-state index in [4.69, 9.17) is 10.1 Å². The van der Waals surface area contributed by atoms with Gasteiger partial charge in [0.15, 0.2) is 0 Å². The van der Waals surface area contributed by atoms with Crippen LogP contribution in [0.25, 0.3) is 22.7 Å². The molecule has 1 atom stereocenters. The van der Waals surface area contributed by atoms with Crippen molar-refractivity contribution in [2.75, 3.05) is 0 Å². The molecule has 3 aromatic heterocycles. The van der Waals surface area contributed by atoms with Crippen LogP contribution in [-0.4, -0.2) is 51.2 Å². The minimum Gasteiger partial charge on any atom is -0.330 e. The van der Waals surface area contributed by atoms with E-state index >= 15 is 0 Å². The van der Waals surface area contributed by atoms with E-state index in [9.17, 15) is 22.8 Å². The number of amides is 1. The topological polar surface area (TPSA) is 104 Å². The predicted octanol–water partition coefficient (Wildman–Crippen LogP) is 5.50. The van der Waals surface area contributed by atoms with E-state index in [2.05, 4.69) is 26.2 Å². The van der Waals surface area contributed by atoms with Gasteiger partial charge in [-0.3, -0.25) is 9.59 Å². The number of carbonyl (C=O) groups is 1. The Labute approximate surface area is 258 Å². The Hall–Kier alpha value is -4.33. The monoisotopic (exact) mass is 668 g/mol. The molecule has 0 aliphatic carbocycles. The Morgan fingerprint density at radius 3 is 2.55 bits per heavy atom. The number of hydrogen-bond donors (Lipinski definition) is 0. The highest BCUT2D eigenvalue weighted by Crippen LogP contribution is 2.36. The number of benzene rings is 2. The van der Waals surface area contributed by atoms with Gasteiger partial charge in [-0.05, 0) is 68.7 Å². The summed E-state index contributed by atoms with van der Waals surface area (Å²) in [5.74, 6) is -0.240. The van der Waals surface area contributed by atoms with E-state index in [0.717, 1.165) is 23.0 Å². The van der Waals surface area contributed by atoms with Crippen LogP contribution < -0.4 is 5.56 Å². The molecule has 10 nitrogen and oxygen atoms in total. The minimum absolute atomic E-state index is 0.0591. The zero-order valence-corrected chi connectivity index (χ0v) is 26.1. The lowest BCUT2D eigenvalue weighted by Crippen LogP contribution is -2.46. The van der Waals surface area contributed by atoms with E-state index in [-0.39, 0.29) is 40.4 Å². The van der Waals surface area contributed by atoms with Crippen molar-refractivity contribution in [3.63, 3.8) is 0 Å². The molecule has 44 heavy (non-hydrogen) atoms. The van der Waals surface area contributed by atoms with E-state index in [1.54, 1.807) is 35.5 Å². The SMILES string of the molecule is Cc1cc(C(C)C)nn1-c1nc2c(c(=O)n1-c1ccc3c(c1)nnn3C)CC(C)N(C(=O)c1ccc(Br)c(C(F)(F)F)c1)C2. The molecule has 0 fully saturated rings. The van der Waals surface area contributed by atoms with Crippen molar-refractivity contribution in [1.82, 2.24) is 39.2 Å². The first kappa shape index (κ1) is 29.7. The lowest BCUT2D eigenvalue weighted by molar-refractivity contribution is -0.138. The molecule has 0 spiro atoms. The van der Waals surface area contributed by atoms with E-state index in [1.165, 1.54) is 21.6 Å². The van der Waals surface area contributed by atoms with Crippen molar-refractivity contribution in [2.45, 2.75) is 58.8 Å². The van der Waals surface area contributed by atoms with Crippen LogP contribution >= 0.6 is 15.9 Å². The van der Waals surface area contributed by atoms with Crippen LogP contribution in [0, 0.1) is 6.92 Å². The molecule has 5 aromatic rings. The first-order valence-electron chi connectivity index (χ1n) is 13.9. The molecule has 0 saturated heterocycles. The van der Waals surface area contributed by atoms with Crippen molar-refractivity contribution >= 4 is 32.9 Å². The maximum Gasteiger partial charge on any atom is 0.417 e. The van der Waals surface area contributed by atoms with Gasteiger partial charge in [-0.15, -0.1) is 5.10 Å². The predicted molar refractivity (Wildman–Crippen MR) is 160 cm³/mol. The van der Waals surface area contributed by atoms with Crippen LogP contribution in [0.3, 0.4) is 0 Å². The van der Waals surface area contributed by atoms with Gasteiger partial charge in [-0.2, -0.15) is 18.3 Å². The number of aromatic nitrogens is 7. The molecule has 0 N–H and O–H groups in total. The average Bonchev–Trinajstić information content (AvgIpc) is 3.54. The van der Waals surface area contributed by atoms with Gasteiger partial charge in [-0.25, -0.2) is 18.9 Å². The van der Waals surface area contributed by atoms with Gasteiger partial charge in [0.2, 0.25) is 5.95 Å². The molecule has 2 aromatic carbocycles. The summed E-state index contributed by atoms with van der Waals surface area (Å²) in [6.07, 6.45) is -4.47. The van der Waals surface area contributed by atoms with Crippen molar-refractivity contribution in [2.24, 2.45) is 7.05 Å². The average molecular weight is 670 g/mol. The second kappa shape index (κ2) is 10.7. The number of rotatable bonds is 4. The molecule has 6 rings (SSSR count). The number of aryl methyl sites for hydroxylation is 2. The fourth-order valence-corrected chi connectivity index (χ4v) is 5.96. The largest absolute Gasteiger partial charge is 0.417 e. The quantitative estimate of drug-likeness (QED) is 0.251. The highest BCUT2D eigenvalue weighted by Gasteiger charge is 2.36. The summed E-state index contributed by atoms with van der Waals surface area (Å²) in [5.41, 5.74) is 2.89. The van der Waals surface area contributed by atoms with Gasteiger partial charge in [0, 0.05) is 34.4 Å². The smallest absolute Gasteiger partial charge is 0.330 e. The van der Waals surface area contributed by atoms with Crippen LogP contribution in [0.2, 0.25) is 0 Å². The Morgan fingerprint density at radius 1 is 1.11 bits per heavy atom. The van der Waals surface area contributed by atoms with Crippen molar-refractivity contribution in [3.05, 3.63) is 91.1 Å². The lowest BCUT2D eigenvalue weighted by Gasteiger charge is -2.34. The number of carbonyl (C=O) groups excluding carboxylic acids is 1. The molecule has 1 aliphatic heterocycles. The van der Waals surface area contributed by atoms with Gasteiger partial charge in [0.05, 0.1) is 34.7 Å². The van der Waals surface area contributed by atoms with Crippen LogP contribution in [0.15, 0.2) is 51.7 Å². The van der Waals surface area contributed by atoms with Crippen LogP contribution in [0.5, 0.6) is 0 Å². The summed E-state index contributed by atoms with van der Waals surface area (Å²) in [6, 6.07) is 10.2. The third-order valence-electron chi connectivity index (χ3n) is 7.92. The Bertz CT molecular complexity index is 2010. The van der Waals surface area contributed by atoms with Crippen LogP contribution in [-0.2, 0) is 26.2 Å². The number of halogens is 4. The number of nitrogens with zero attached hydrogens (tertiary/aromatic N) is 8. The fourth-order valence-electron chi connectivity index (χ4n) is 5.49. The van der Waals surface area contributed by atoms with Crippen molar-refractivity contribution in [3.8, 4) is 11.6 Å². The zero-order valence-electron chi connectivity index (χ0n) is 24.5. The summed E-state index contributed by atoms with van der Waals surface area (Å²) in [5, 5.41) is 13.0. The van der Waals surface area contributed by atoms with Gasteiger partial charge >= 0.3 is 6.18 Å². The summed E-state index contributed by atoms with van der Waals surface area (Å²) in [6.45, 7) is 7.60. The molecular weight excluding hydrogens is 641 g/mol. The summed E-state index contributed by atoms with van der Waals surface area (Å²) in [7, 11) is 1.78. The highest BCUT2D eigenvalue weighted by molar-refractivity contribution is 9.10. The van der Waals surface area contributed by atoms with E-state index in [1.807, 2.05) is 32.9 Å². The molecule has 1 aliphatic rings. The van der Waals surface area contributed by atoms with Gasteiger partial charge in [-0.1, -0.05) is 35.0 Å². The first-order valence-corrected chi connectivity index (χ1v) is 14.7. The number of alkyl halides is 3. The Balaban J connectivity index is 1.50. The molecule has 1 unspecified atom stereocenters. The molecule has 14 heteroatoms. The molecule has 0 bridgehead atoms. The van der Waals surface area contributed by atoms with Gasteiger partial charge in [0.25, 0.3) is 11.5 Å². The maximum atomic E-state index is 14.3. The normalized spacial score (nSPS) is 15.3. The van der Waals surface area contributed by atoms with E-state index in [0.29, 0.717) is 22.5 Å². The number of fused-ring (bicyclic) bond motifs is 2.